The van der Waals surface area contributed by atoms with Gasteiger partial charge in [0.25, 0.3) is 0 Å². The minimum atomic E-state index is -2.14. The maximum atomic E-state index is 14.1. The molecule has 6 aliphatic rings. The van der Waals surface area contributed by atoms with Gasteiger partial charge in [0.15, 0.2) is 47.3 Å². The molecule has 5 aromatic carbocycles. The molecule has 4 aliphatic carbocycles. The smallest absolute Gasteiger partial charge is 0.198 e. The second-order valence-electron chi connectivity index (χ2n) is 23.0. The lowest BCUT2D eigenvalue weighted by molar-refractivity contribution is -0.250. The van der Waals surface area contributed by atoms with Gasteiger partial charge in [0.2, 0.25) is 0 Å². The topological polar surface area (TPSA) is 345 Å². The summed E-state index contributed by atoms with van der Waals surface area (Å²) in [6.45, 7) is 7.08. The summed E-state index contributed by atoms with van der Waals surface area (Å²) >= 11 is 0. The Labute approximate surface area is 475 Å². The molecule has 0 saturated carbocycles. The molecule has 0 radical (unpaired) electrons. The normalized spacial score (nSPS) is 29.0. The van der Waals surface area contributed by atoms with E-state index in [-0.39, 0.29) is 76.0 Å². The lowest BCUT2D eigenvalue weighted by Crippen LogP contribution is -2.54. The Balaban J connectivity index is 0.781. The Morgan fingerprint density at radius 1 is 0.590 bits per heavy atom. The largest absolute Gasteiger partial charge is 0.507 e. The molecule has 0 amide bonds. The number of hydrogen-bond donors (Lipinski definition) is 11. The number of aliphatic hydroxyl groups excluding tert-OH is 3. The molecule has 21 heteroatoms. The highest BCUT2D eigenvalue weighted by molar-refractivity contribution is 6.32. The molecule has 21 nitrogen and oxygen atoms in total. The Kier molecular flexibility index (Phi) is 14.9. The zero-order valence-electron chi connectivity index (χ0n) is 46.0. The molecule has 83 heavy (non-hydrogen) atoms. The predicted molar refractivity (Wildman–Crippen MR) is 290 cm³/mol. The second-order valence-corrected chi connectivity index (χ2v) is 23.0. The zero-order valence-corrected chi connectivity index (χ0v) is 46.0. The van der Waals surface area contributed by atoms with Gasteiger partial charge in [-0.25, -0.2) is 0 Å². The maximum absolute atomic E-state index is 14.1. The van der Waals surface area contributed by atoms with E-state index in [2.05, 4.69) is 10.6 Å². The average molecular weight is 1140 g/mol. The van der Waals surface area contributed by atoms with Crippen LogP contribution in [0.3, 0.4) is 0 Å². The molecule has 2 heterocycles. The third-order valence-electron chi connectivity index (χ3n) is 17.7. The number of hydrogen-bond acceptors (Lipinski definition) is 21. The van der Waals surface area contributed by atoms with Crippen molar-refractivity contribution in [3.8, 4) is 23.0 Å². The number of Topliss-reactive ketones (excluding diaryl/α,β-unsaturated/α-hetero) is 2. The van der Waals surface area contributed by atoms with E-state index in [1.807, 2.05) is 24.3 Å². The Morgan fingerprint density at radius 2 is 1.00 bits per heavy atom. The van der Waals surface area contributed by atoms with Gasteiger partial charge < -0.3 is 75.5 Å². The second kappa shape index (κ2) is 21.5. The number of aryl methyl sites for hydroxylation is 1. The molecule has 11 N–H and O–H groups in total. The highest BCUT2D eigenvalue weighted by Gasteiger charge is 2.52. The quantitative estimate of drug-likeness (QED) is 0.0731. The van der Waals surface area contributed by atoms with E-state index in [1.165, 1.54) is 31.2 Å². The third-order valence-corrected chi connectivity index (χ3v) is 17.7. The molecule has 2 saturated heterocycles. The molecule has 436 valence electrons. The number of rotatable bonds is 13. The molecule has 2 fully saturated rings. The Bertz CT molecular complexity index is 3600. The van der Waals surface area contributed by atoms with E-state index >= 15 is 0 Å². The third kappa shape index (κ3) is 9.66. The highest BCUT2D eigenvalue weighted by atomic mass is 16.7. The summed E-state index contributed by atoms with van der Waals surface area (Å²) in [4.78, 5) is 82.1. The SMILES string of the molecule is CC(=O)[C@]1(O)Cc2c(O)c3c(c(O)c2C(OC2CC(NCc4cccc(CNC5CC(O[C@H]6C[C@](O)(C(C)=O)Cc7c(O)c8c(c(O)c76)C(=O)c6c(CO)cccc6C8=O)OC(C)C5O)c4)C(O)C(C)O2)C1)C(=O)c1c(C)cccc1C3=O. The molecular weight excluding hydrogens is 1080 g/mol. The van der Waals surface area contributed by atoms with Gasteiger partial charge in [-0.1, -0.05) is 60.7 Å². The van der Waals surface area contributed by atoms with Gasteiger partial charge in [-0.05, 0) is 56.9 Å². The molecule has 5 aromatic rings. The van der Waals surface area contributed by atoms with Crippen LogP contribution >= 0.6 is 0 Å². The molecular formula is C62H64N2O19. The van der Waals surface area contributed by atoms with Crippen molar-refractivity contribution in [3.05, 3.63) is 150 Å². The predicted octanol–water partition coefficient (Wildman–Crippen LogP) is 3.82. The number of nitrogens with one attached hydrogen (secondary N) is 2. The van der Waals surface area contributed by atoms with Crippen LogP contribution in [0.2, 0.25) is 0 Å². The Hall–Kier alpha value is -7.12. The summed E-state index contributed by atoms with van der Waals surface area (Å²) in [7, 11) is 0. The summed E-state index contributed by atoms with van der Waals surface area (Å²) in [5, 5.41) is 111. The minimum absolute atomic E-state index is 0.00201. The van der Waals surface area contributed by atoms with Crippen LogP contribution in [0.5, 0.6) is 23.0 Å². The first-order chi connectivity index (χ1) is 39.4. The molecule has 0 spiro atoms. The van der Waals surface area contributed by atoms with Crippen LogP contribution in [0, 0.1) is 6.92 Å². The van der Waals surface area contributed by atoms with Crippen molar-refractivity contribution in [1.29, 1.82) is 0 Å². The first-order valence-corrected chi connectivity index (χ1v) is 27.6. The molecule has 9 unspecified atom stereocenters. The summed E-state index contributed by atoms with van der Waals surface area (Å²) < 4.78 is 25.1. The van der Waals surface area contributed by atoms with E-state index in [4.69, 9.17) is 18.9 Å². The lowest BCUT2D eigenvalue weighted by atomic mass is 9.71. The first-order valence-electron chi connectivity index (χ1n) is 27.6. The lowest BCUT2D eigenvalue weighted by Gasteiger charge is -2.43. The number of ether oxygens (including phenoxy) is 4. The molecule has 12 atom stereocenters. The number of aliphatic hydroxyl groups is 5. The number of carbonyl (C=O) groups is 6. The number of benzene rings is 5. The number of aromatic hydroxyl groups is 4. The average Bonchev–Trinajstić information content (AvgIpc) is 2.38. The zero-order chi connectivity index (χ0) is 59.5. The van der Waals surface area contributed by atoms with Crippen LogP contribution in [0.4, 0.5) is 0 Å². The molecule has 0 aromatic heterocycles. The van der Waals surface area contributed by atoms with Gasteiger partial charge in [-0.15, -0.1) is 0 Å². The minimum Gasteiger partial charge on any atom is -0.507 e. The van der Waals surface area contributed by atoms with E-state index in [0.717, 1.165) is 18.1 Å². The van der Waals surface area contributed by atoms with E-state index in [0.29, 0.717) is 5.56 Å². The van der Waals surface area contributed by atoms with Crippen LogP contribution in [0.15, 0.2) is 60.7 Å². The Morgan fingerprint density at radius 3 is 1.45 bits per heavy atom. The van der Waals surface area contributed by atoms with Crippen molar-refractivity contribution >= 4 is 34.7 Å². The summed E-state index contributed by atoms with van der Waals surface area (Å²) in [6, 6.07) is 15.1. The number of phenolic OH excluding ortho intramolecular Hbond substituents is 4. The molecule has 0 bridgehead atoms. The van der Waals surface area contributed by atoms with E-state index < -0.39 is 185 Å². The van der Waals surface area contributed by atoms with Crippen molar-refractivity contribution in [2.24, 2.45) is 0 Å². The van der Waals surface area contributed by atoms with Crippen LogP contribution in [-0.4, -0.2) is 141 Å². The maximum Gasteiger partial charge on any atom is 0.198 e. The van der Waals surface area contributed by atoms with E-state index in [1.54, 1.807) is 32.9 Å². The van der Waals surface area contributed by atoms with Gasteiger partial charge in [-0.2, -0.15) is 0 Å². The number of phenols is 4. The fourth-order valence-corrected chi connectivity index (χ4v) is 13.1. The van der Waals surface area contributed by atoms with Crippen LogP contribution < -0.4 is 10.6 Å². The van der Waals surface area contributed by atoms with Gasteiger partial charge in [0, 0.05) is 108 Å². The fraction of sp³-hybridized carbons (Fsp3) is 0.419. The van der Waals surface area contributed by atoms with Gasteiger partial charge in [0.05, 0.1) is 65.5 Å². The highest BCUT2D eigenvalue weighted by Crippen LogP contribution is 2.54. The van der Waals surface area contributed by atoms with Crippen LogP contribution in [0.25, 0.3) is 0 Å². The molecule has 2 aliphatic heterocycles. The van der Waals surface area contributed by atoms with Crippen LogP contribution in [-0.2, 0) is 61.1 Å². The molecule has 11 rings (SSSR count). The number of fused-ring (bicyclic) bond motifs is 6. The summed E-state index contributed by atoms with van der Waals surface area (Å²) in [6.07, 6.45) is -10.6. The van der Waals surface area contributed by atoms with Gasteiger partial charge in [0.1, 0.15) is 34.2 Å². The summed E-state index contributed by atoms with van der Waals surface area (Å²) in [5.74, 6) is -7.06. The van der Waals surface area contributed by atoms with Crippen molar-refractivity contribution in [3.63, 3.8) is 0 Å². The van der Waals surface area contributed by atoms with Gasteiger partial charge >= 0.3 is 0 Å². The summed E-state index contributed by atoms with van der Waals surface area (Å²) in [5.41, 5.74) is -4.55. The monoisotopic (exact) mass is 1140 g/mol. The standard InChI is InChI=1S/C62H64N2O19/c1-25-9-6-13-33-43(25)57(74)49-47(53(33)70)55(72)35-18-61(78,28(4)66)20-39(45(35)59(49)76)82-41-16-37(51(68)26(2)80-41)63-22-30-10-7-11-31(15-30)23-64-38-17-42(81-27(3)52(38)69)83-40-21-62(79,29(5)67)19-36-46(40)60(77)50-48(56(36)73)54(71)34-14-8-12-32(24-65)44(34)58(50)75/h6-15,26-27,37-42,51-52,63-65,68-69,72-73,76-79H,16-24H2,1-5H3/t26?,27?,37?,38?,39?,40-,41?,42?,51?,52?,61-,62-/m0/s1. The van der Waals surface area contributed by atoms with Crippen molar-refractivity contribution in [1.82, 2.24) is 10.6 Å². The van der Waals surface area contributed by atoms with Crippen LogP contribution in [0.1, 0.15) is 174 Å². The van der Waals surface area contributed by atoms with E-state index in [9.17, 15) is 74.7 Å². The number of carbonyl (C=O) groups excluding carboxylic acids is 6. The van der Waals surface area contributed by atoms with Crippen molar-refractivity contribution < 1.29 is 93.7 Å². The van der Waals surface area contributed by atoms with Gasteiger partial charge in [-0.3, -0.25) is 28.8 Å². The first kappa shape index (κ1) is 57.7. The van der Waals surface area contributed by atoms with Crippen molar-refractivity contribution in [2.45, 2.75) is 165 Å². The van der Waals surface area contributed by atoms with Crippen molar-refractivity contribution in [2.75, 3.05) is 0 Å². The number of ketones is 6. The fourth-order valence-electron chi connectivity index (χ4n) is 13.1.